The highest BCUT2D eigenvalue weighted by Gasteiger charge is 2.53. The first-order valence-corrected chi connectivity index (χ1v) is 10.3. The number of amides is 1. The van der Waals surface area contributed by atoms with E-state index in [0.29, 0.717) is 24.0 Å². The first-order valence-electron chi connectivity index (χ1n) is 9.83. The number of aliphatic hydroxyl groups is 1. The topological polar surface area (TPSA) is 57.6 Å². The molecule has 2 aliphatic rings. The molecule has 0 bridgehead atoms. The Morgan fingerprint density at radius 3 is 2.39 bits per heavy atom. The van der Waals surface area contributed by atoms with E-state index in [2.05, 4.69) is 0 Å². The minimum atomic E-state index is -1.38. The van der Waals surface area contributed by atoms with E-state index in [1.807, 2.05) is 48.5 Å². The predicted molar refractivity (Wildman–Crippen MR) is 108 cm³/mol. The summed E-state index contributed by atoms with van der Waals surface area (Å²) in [5, 5.41) is 10.3. The van der Waals surface area contributed by atoms with Gasteiger partial charge in [0, 0.05) is 30.5 Å². The summed E-state index contributed by atoms with van der Waals surface area (Å²) >= 11 is 6.52. The second kappa shape index (κ2) is 7.69. The number of fused-ring (bicyclic) bond motifs is 1. The molecule has 2 heterocycles. The van der Waals surface area contributed by atoms with E-state index in [4.69, 9.17) is 11.6 Å². The lowest BCUT2D eigenvalue weighted by molar-refractivity contribution is -0.155. The highest BCUT2D eigenvalue weighted by atomic mass is 35.5. The van der Waals surface area contributed by atoms with Crippen LogP contribution in [-0.4, -0.2) is 39.2 Å². The third-order valence-corrected chi connectivity index (χ3v) is 6.64. The number of piperidine rings is 2. The van der Waals surface area contributed by atoms with Gasteiger partial charge < -0.3 is 10.0 Å². The number of alkyl halides is 1. The third kappa shape index (κ3) is 3.36. The number of Topliss-reactive ketones (excluding diaryl/α,β-unsaturated/α-hetero) is 1. The van der Waals surface area contributed by atoms with Crippen molar-refractivity contribution < 1.29 is 14.7 Å². The fourth-order valence-electron chi connectivity index (χ4n) is 4.67. The summed E-state index contributed by atoms with van der Waals surface area (Å²) in [4.78, 5) is 27.7. The Morgan fingerprint density at radius 2 is 1.71 bits per heavy atom. The van der Waals surface area contributed by atoms with Gasteiger partial charge >= 0.3 is 0 Å². The quantitative estimate of drug-likeness (QED) is 0.628. The molecule has 4 nitrogen and oxygen atoms in total. The Hall–Kier alpha value is -2.17. The zero-order valence-corrected chi connectivity index (χ0v) is 16.4. The SMILES string of the molecule is O=C(C[C@@H]1CCC[C@@H]2C[C@@](O)(c3ccccc3)[C@@H](Cl)C(=O)N21)c1ccccc1. The number of hydrogen-bond acceptors (Lipinski definition) is 3. The van der Waals surface area contributed by atoms with Gasteiger partial charge in [-0.1, -0.05) is 60.7 Å². The minimum Gasteiger partial charge on any atom is -0.383 e. The van der Waals surface area contributed by atoms with Crippen LogP contribution >= 0.6 is 11.6 Å². The lowest BCUT2D eigenvalue weighted by Gasteiger charge is -2.51. The monoisotopic (exact) mass is 397 g/mol. The van der Waals surface area contributed by atoms with Gasteiger partial charge in [-0.05, 0) is 24.8 Å². The number of rotatable bonds is 4. The maximum Gasteiger partial charge on any atom is 0.244 e. The lowest BCUT2D eigenvalue weighted by Crippen LogP contribution is -2.63. The molecule has 2 aromatic carbocycles. The molecule has 0 aromatic heterocycles. The fraction of sp³-hybridized carbons (Fsp3) is 0.391. The van der Waals surface area contributed by atoms with E-state index in [1.165, 1.54) is 0 Å². The van der Waals surface area contributed by atoms with Crippen molar-refractivity contribution in [2.24, 2.45) is 0 Å². The smallest absolute Gasteiger partial charge is 0.244 e. The standard InChI is InChI=1S/C23H24ClNO3/c24-21-22(27)25-18(14-20(26)16-8-3-1-4-9-16)12-7-13-19(25)15-23(21,28)17-10-5-2-6-11-17/h1-6,8-11,18-19,21,28H,7,12-15H2/t18-,19+,21-,23+/m0/s1. The summed E-state index contributed by atoms with van der Waals surface area (Å²) in [6, 6.07) is 18.1. The Kier molecular flexibility index (Phi) is 5.26. The van der Waals surface area contributed by atoms with Crippen LogP contribution in [0, 0.1) is 0 Å². The Bertz CT molecular complexity index is 857. The molecule has 0 spiro atoms. The van der Waals surface area contributed by atoms with E-state index < -0.39 is 11.0 Å². The molecule has 4 atom stereocenters. The van der Waals surface area contributed by atoms with Crippen LogP contribution in [-0.2, 0) is 10.4 Å². The molecule has 1 amide bonds. The van der Waals surface area contributed by atoms with E-state index in [1.54, 1.807) is 17.0 Å². The lowest BCUT2D eigenvalue weighted by atomic mass is 9.75. The maximum absolute atomic E-state index is 13.2. The first kappa shape index (κ1) is 19.2. The van der Waals surface area contributed by atoms with Gasteiger partial charge in [-0.2, -0.15) is 0 Å². The van der Waals surface area contributed by atoms with Gasteiger partial charge in [0.05, 0.1) is 0 Å². The van der Waals surface area contributed by atoms with Crippen molar-refractivity contribution in [2.75, 3.05) is 0 Å². The van der Waals surface area contributed by atoms with Crippen LogP contribution in [0.5, 0.6) is 0 Å². The summed E-state index contributed by atoms with van der Waals surface area (Å²) in [6.45, 7) is 0. The molecular formula is C23H24ClNO3. The van der Waals surface area contributed by atoms with Crippen LogP contribution in [0.15, 0.2) is 60.7 Å². The Balaban J connectivity index is 1.57. The van der Waals surface area contributed by atoms with Gasteiger partial charge in [-0.15, -0.1) is 11.6 Å². The Morgan fingerprint density at radius 1 is 1.07 bits per heavy atom. The largest absolute Gasteiger partial charge is 0.383 e. The van der Waals surface area contributed by atoms with E-state index in [9.17, 15) is 14.7 Å². The number of nitrogens with zero attached hydrogens (tertiary/aromatic N) is 1. The zero-order valence-electron chi connectivity index (χ0n) is 15.6. The average Bonchev–Trinajstić information content (AvgIpc) is 2.73. The minimum absolute atomic E-state index is 0.0362. The fourth-order valence-corrected chi connectivity index (χ4v) is 5.00. The summed E-state index contributed by atoms with van der Waals surface area (Å²) in [5.74, 6) is -0.233. The summed E-state index contributed by atoms with van der Waals surface area (Å²) in [6.07, 6.45) is 3.22. The van der Waals surface area contributed by atoms with Crippen LogP contribution in [0.4, 0.5) is 0 Å². The van der Waals surface area contributed by atoms with E-state index in [-0.39, 0.29) is 23.8 Å². The van der Waals surface area contributed by atoms with Gasteiger partial charge in [0.1, 0.15) is 11.0 Å². The molecule has 5 heteroatoms. The van der Waals surface area contributed by atoms with Crippen molar-refractivity contribution in [1.82, 2.24) is 4.90 Å². The number of benzene rings is 2. The van der Waals surface area contributed by atoms with Crippen molar-refractivity contribution >= 4 is 23.3 Å². The van der Waals surface area contributed by atoms with Crippen LogP contribution in [0.25, 0.3) is 0 Å². The molecule has 4 rings (SSSR count). The van der Waals surface area contributed by atoms with Crippen LogP contribution in [0.3, 0.4) is 0 Å². The Labute approximate surface area is 170 Å². The summed E-state index contributed by atoms with van der Waals surface area (Å²) in [5.41, 5.74) is -0.0466. The second-order valence-electron chi connectivity index (χ2n) is 7.83. The van der Waals surface area contributed by atoms with Crippen LogP contribution in [0.1, 0.15) is 48.0 Å². The molecule has 0 radical (unpaired) electrons. The van der Waals surface area contributed by atoms with Crippen molar-refractivity contribution in [3.05, 3.63) is 71.8 Å². The van der Waals surface area contributed by atoms with E-state index >= 15 is 0 Å². The van der Waals surface area contributed by atoms with E-state index in [0.717, 1.165) is 19.3 Å². The van der Waals surface area contributed by atoms with Gasteiger partial charge in [0.15, 0.2) is 5.78 Å². The van der Waals surface area contributed by atoms with Crippen LogP contribution < -0.4 is 0 Å². The molecule has 1 N–H and O–H groups in total. The molecule has 2 aromatic rings. The normalized spacial score (nSPS) is 30.0. The first-order chi connectivity index (χ1) is 13.5. The van der Waals surface area contributed by atoms with Gasteiger partial charge in [0.25, 0.3) is 0 Å². The predicted octanol–water partition coefficient (Wildman–Crippen LogP) is 3.91. The molecule has 0 aliphatic carbocycles. The number of hydrogen-bond donors (Lipinski definition) is 1. The third-order valence-electron chi connectivity index (χ3n) is 6.09. The molecule has 0 saturated carbocycles. The van der Waals surface area contributed by atoms with Crippen LogP contribution in [0.2, 0.25) is 0 Å². The molecular weight excluding hydrogens is 374 g/mol. The van der Waals surface area contributed by atoms with Crippen molar-refractivity contribution in [3.63, 3.8) is 0 Å². The number of carbonyl (C=O) groups excluding carboxylic acids is 2. The highest BCUT2D eigenvalue weighted by Crippen LogP contribution is 2.44. The molecule has 146 valence electrons. The summed E-state index contributed by atoms with van der Waals surface area (Å²) in [7, 11) is 0. The zero-order chi connectivity index (χ0) is 19.7. The van der Waals surface area contributed by atoms with Crippen molar-refractivity contribution in [3.8, 4) is 0 Å². The van der Waals surface area contributed by atoms with Gasteiger partial charge in [-0.25, -0.2) is 0 Å². The van der Waals surface area contributed by atoms with Crippen molar-refractivity contribution in [2.45, 2.75) is 55.2 Å². The van der Waals surface area contributed by atoms with Gasteiger partial charge in [-0.3, -0.25) is 9.59 Å². The molecule has 2 aliphatic heterocycles. The number of carbonyl (C=O) groups is 2. The highest BCUT2D eigenvalue weighted by molar-refractivity contribution is 6.32. The molecule has 0 unspecified atom stereocenters. The molecule has 28 heavy (non-hydrogen) atoms. The maximum atomic E-state index is 13.2. The number of halogens is 1. The molecule has 2 saturated heterocycles. The average molecular weight is 398 g/mol. The number of ketones is 1. The van der Waals surface area contributed by atoms with Gasteiger partial charge in [0.2, 0.25) is 5.91 Å². The second-order valence-corrected chi connectivity index (χ2v) is 8.27. The summed E-state index contributed by atoms with van der Waals surface area (Å²) < 4.78 is 0. The molecule has 2 fully saturated rings. The van der Waals surface area contributed by atoms with Crippen molar-refractivity contribution in [1.29, 1.82) is 0 Å².